The number of nitrogens with two attached hydrogens (primary N) is 1. The van der Waals surface area contributed by atoms with Gasteiger partial charge in [-0.15, -0.1) is 24.0 Å². The molecule has 1 atom stereocenters. The van der Waals surface area contributed by atoms with Crippen molar-refractivity contribution in [3.05, 3.63) is 35.4 Å². The third-order valence-electron chi connectivity index (χ3n) is 4.16. The topological polar surface area (TPSA) is 71.1 Å². The molecule has 1 unspecified atom stereocenters. The van der Waals surface area contributed by atoms with Gasteiger partial charge < -0.3 is 20.5 Å². The van der Waals surface area contributed by atoms with Gasteiger partial charge in [0, 0.05) is 13.1 Å². The lowest BCUT2D eigenvalue weighted by molar-refractivity contribution is 0.0470. The highest BCUT2D eigenvalue weighted by atomic mass is 127. The molecular weight excluding hydrogens is 381 g/mol. The zero-order valence-corrected chi connectivity index (χ0v) is 14.3. The molecule has 1 aliphatic carbocycles. The lowest BCUT2D eigenvalue weighted by atomic mass is 9.96. The van der Waals surface area contributed by atoms with E-state index in [1.54, 1.807) is 0 Å². The van der Waals surface area contributed by atoms with E-state index in [0.717, 1.165) is 25.1 Å². The van der Waals surface area contributed by atoms with Crippen LogP contribution in [0, 0.1) is 0 Å². The van der Waals surface area contributed by atoms with Crippen molar-refractivity contribution < 1.29 is 9.84 Å². The first kappa shape index (κ1) is 16.5. The number of morpholine rings is 1. The molecular formula is C15H22IN3O2. The first-order valence-corrected chi connectivity index (χ1v) is 7.12. The first-order valence-electron chi connectivity index (χ1n) is 7.12. The maximum atomic E-state index is 10.8. The summed E-state index contributed by atoms with van der Waals surface area (Å²) in [7, 11) is 0. The molecule has 0 saturated carbocycles. The van der Waals surface area contributed by atoms with Crippen molar-refractivity contribution in [3.63, 3.8) is 0 Å². The van der Waals surface area contributed by atoms with E-state index in [4.69, 9.17) is 10.5 Å². The second kappa shape index (κ2) is 6.93. The number of aryl methyl sites for hydroxylation is 1. The van der Waals surface area contributed by atoms with Gasteiger partial charge in [0.1, 0.15) is 5.60 Å². The molecule has 3 rings (SSSR count). The lowest BCUT2D eigenvalue weighted by Gasteiger charge is -2.29. The van der Waals surface area contributed by atoms with Gasteiger partial charge in [0.2, 0.25) is 0 Å². The van der Waals surface area contributed by atoms with E-state index in [0.29, 0.717) is 32.1 Å². The van der Waals surface area contributed by atoms with E-state index in [9.17, 15) is 5.11 Å². The van der Waals surface area contributed by atoms with Crippen LogP contribution in [-0.4, -0.2) is 48.8 Å². The summed E-state index contributed by atoms with van der Waals surface area (Å²) in [6.45, 7) is 3.23. The van der Waals surface area contributed by atoms with Crippen molar-refractivity contribution in [2.24, 2.45) is 10.7 Å². The van der Waals surface area contributed by atoms with Crippen molar-refractivity contribution in [1.29, 1.82) is 0 Å². The zero-order chi connectivity index (χ0) is 14.0. The molecule has 2 aliphatic rings. The van der Waals surface area contributed by atoms with Crippen LogP contribution < -0.4 is 5.73 Å². The second-order valence-electron chi connectivity index (χ2n) is 5.46. The highest BCUT2D eigenvalue weighted by Gasteiger charge is 2.36. The van der Waals surface area contributed by atoms with Gasteiger partial charge in [-0.2, -0.15) is 0 Å². The molecule has 6 heteroatoms. The van der Waals surface area contributed by atoms with E-state index in [2.05, 4.69) is 11.1 Å². The van der Waals surface area contributed by atoms with Gasteiger partial charge in [-0.05, 0) is 24.0 Å². The summed E-state index contributed by atoms with van der Waals surface area (Å²) in [6, 6.07) is 8.03. The molecule has 1 heterocycles. The van der Waals surface area contributed by atoms with Gasteiger partial charge in [-0.25, -0.2) is 4.99 Å². The van der Waals surface area contributed by atoms with Crippen LogP contribution in [-0.2, 0) is 16.8 Å². The zero-order valence-electron chi connectivity index (χ0n) is 12.0. The maximum Gasteiger partial charge on any atom is 0.191 e. The summed E-state index contributed by atoms with van der Waals surface area (Å²) in [4.78, 5) is 6.42. The Hall–Kier alpha value is -0.860. The molecule has 0 bridgehead atoms. The average Bonchev–Trinajstić information content (AvgIpc) is 2.84. The number of ether oxygens (including phenoxy) is 1. The van der Waals surface area contributed by atoms with E-state index in [1.807, 2.05) is 23.1 Å². The third kappa shape index (κ3) is 3.49. The Bertz CT molecular complexity index is 517. The van der Waals surface area contributed by atoms with Crippen molar-refractivity contribution in [3.8, 4) is 0 Å². The molecule has 5 nitrogen and oxygen atoms in total. The van der Waals surface area contributed by atoms with E-state index >= 15 is 0 Å². The molecule has 1 aromatic carbocycles. The minimum absolute atomic E-state index is 0. The van der Waals surface area contributed by atoms with Crippen molar-refractivity contribution in [2.45, 2.75) is 18.4 Å². The monoisotopic (exact) mass is 403 g/mol. The number of fused-ring (bicyclic) bond motifs is 1. The molecule has 3 N–H and O–H groups in total. The van der Waals surface area contributed by atoms with Gasteiger partial charge in [0.05, 0.1) is 19.8 Å². The summed E-state index contributed by atoms with van der Waals surface area (Å²) in [5.74, 6) is 0.506. The minimum atomic E-state index is -0.868. The number of aliphatic hydroxyl groups is 1. The minimum Gasteiger partial charge on any atom is -0.383 e. The molecule has 0 aromatic heterocycles. The molecule has 1 aliphatic heterocycles. The molecule has 21 heavy (non-hydrogen) atoms. The fourth-order valence-corrected chi connectivity index (χ4v) is 2.94. The smallest absolute Gasteiger partial charge is 0.191 e. The second-order valence-corrected chi connectivity index (χ2v) is 5.46. The maximum absolute atomic E-state index is 10.8. The highest BCUT2D eigenvalue weighted by molar-refractivity contribution is 14.0. The number of halogens is 1. The Morgan fingerprint density at radius 1 is 1.33 bits per heavy atom. The summed E-state index contributed by atoms with van der Waals surface area (Å²) < 4.78 is 5.29. The van der Waals surface area contributed by atoms with Crippen LogP contribution in [0.2, 0.25) is 0 Å². The quantitative estimate of drug-likeness (QED) is 0.441. The number of hydrogen-bond acceptors (Lipinski definition) is 3. The Morgan fingerprint density at radius 2 is 2.05 bits per heavy atom. The largest absolute Gasteiger partial charge is 0.383 e. The summed E-state index contributed by atoms with van der Waals surface area (Å²) >= 11 is 0. The predicted molar refractivity (Wildman–Crippen MR) is 93.0 cm³/mol. The van der Waals surface area contributed by atoms with Crippen molar-refractivity contribution in [2.75, 3.05) is 32.8 Å². The average molecular weight is 403 g/mol. The lowest BCUT2D eigenvalue weighted by Crippen LogP contribution is -2.45. The standard InChI is InChI=1S/C15H21N3O2.HI/c16-14(18-7-9-20-10-8-18)17-11-15(19)6-5-12-3-1-2-4-13(12)15;/h1-4,19H,5-11H2,(H2,16,17);1H. The molecule has 0 amide bonds. The molecule has 1 fully saturated rings. The summed E-state index contributed by atoms with van der Waals surface area (Å²) in [5, 5.41) is 10.8. The van der Waals surface area contributed by atoms with Gasteiger partial charge in [0.15, 0.2) is 5.96 Å². The first-order chi connectivity index (χ1) is 9.69. The Balaban J connectivity index is 0.00000161. The van der Waals surface area contributed by atoms with Gasteiger partial charge in [0.25, 0.3) is 0 Å². The Labute approximate surface area is 142 Å². The molecule has 116 valence electrons. The molecule has 1 saturated heterocycles. The number of rotatable bonds is 2. The number of hydrogen-bond donors (Lipinski definition) is 2. The number of nitrogens with zero attached hydrogens (tertiary/aromatic N) is 2. The normalized spacial score (nSPS) is 25.4. The van der Waals surface area contributed by atoms with Crippen molar-refractivity contribution >= 4 is 29.9 Å². The van der Waals surface area contributed by atoms with Gasteiger partial charge in [-0.3, -0.25) is 0 Å². The fourth-order valence-electron chi connectivity index (χ4n) is 2.94. The van der Waals surface area contributed by atoms with E-state index in [-0.39, 0.29) is 24.0 Å². The summed E-state index contributed by atoms with van der Waals surface area (Å²) in [5.41, 5.74) is 7.36. The van der Waals surface area contributed by atoms with Crippen LogP contribution in [0.4, 0.5) is 0 Å². The Kier molecular flexibility index (Phi) is 5.45. The van der Waals surface area contributed by atoms with E-state index in [1.165, 1.54) is 5.56 Å². The van der Waals surface area contributed by atoms with Crippen molar-refractivity contribution in [1.82, 2.24) is 4.90 Å². The Morgan fingerprint density at radius 3 is 2.81 bits per heavy atom. The number of benzene rings is 1. The molecule has 0 radical (unpaired) electrons. The third-order valence-corrected chi connectivity index (χ3v) is 4.16. The number of guanidine groups is 1. The predicted octanol–water partition coefficient (Wildman–Crippen LogP) is 1.09. The van der Waals surface area contributed by atoms with Gasteiger partial charge in [-0.1, -0.05) is 24.3 Å². The van der Waals surface area contributed by atoms with Crippen LogP contribution in [0.1, 0.15) is 17.5 Å². The van der Waals surface area contributed by atoms with Crippen LogP contribution in [0.15, 0.2) is 29.3 Å². The van der Waals surface area contributed by atoms with Crippen LogP contribution >= 0.6 is 24.0 Å². The van der Waals surface area contributed by atoms with Crippen LogP contribution in [0.5, 0.6) is 0 Å². The SMILES string of the molecule is I.NC(=NCC1(O)CCc2ccccc21)N1CCOCC1. The fraction of sp³-hybridized carbons (Fsp3) is 0.533. The van der Waals surface area contributed by atoms with Gasteiger partial charge >= 0.3 is 0 Å². The van der Waals surface area contributed by atoms with E-state index < -0.39 is 5.60 Å². The van der Waals surface area contributed by atoms with Crippen LogP contribution in [0.25, 0.3) is 0 Å². The molecule has 0 spiro atoms. The number of aliphatic imine (C=N–C) groups is 1. The summed E-state index contributed by atoms with van der Waals surface area (Å²) in [6.07, 6.45) is 1.62. The molecule has 1 aromatic rings. The highest BCUT2D eigenvalue weighted by Crippen LogP contribution is 2.36. The van der Waals surface area contributed by atoms with Crippen LogP contribution in [0.3, 0.4) is 0 Å².